The first-order valence-electron chi connectivity index (χ1n) is 4.74. The van der Waals surface area contributed by atoms with Gasteiger partial charge in [-0.15, -0.1) is 0 Å². The zero-order valence-corrected chi connectivity index (χ0v) is 9.29. The molecule has 3 nitrogen and oxygen atoms in total. The minimum Gasteiger partial charge on any atom is -0.481 e. The summed E-state index contributed by atoms with van der Waals surface area (Å²) < 4.78 is 0. The fraction of sp³-hybridized carbons (Fsp3) is 0.364. The van der Waals surface area contributed by atoms with Crippen molar-refractivity contribution in [3.8, 4) is 0 Å². The number of carboxylic acid groups (broad SMARTS) is 1. The highest BCUT2D eigenvalue weighted by molar-refractivity contribution is 6.30. The van der Waals surface area contributed by atoms with Crippen molar-refractivity contribution in [2.45, 2.75) is 25.8 Å². The van der Waals surface area contributed by atoms with E-state index < -0.39 is 5.97 Å². The number of carbonyl (C=O) groups is 1. The number of rotatable bonds is 4. The molecule has 1 unspecified atom stereocenters. The molecule has 0 aliphatic carbocycles. The van der Waals surface area contributed by atoms with E-state index in [1.165, 1.54) is 0 Å². The van der Waals surface area contributed by atoms with Crippen LogP contribution in [0.3, 0.4) is 0 Å². The van der Waals surface area contributed by atoms with Crippen LogP contribution in [0.15, 0.2) is 18.2 Å². The molecule has 15 heavy (non-hydrogen) atoms. The Morgan fingerprint density at radius 3 is 2.80 bits per heavy atom. The lowest BCUT2D eigenvalue weighted by Gasteiger charge is -2.13. The van der Waals surface area contributed by atoms with E-state index in [1.54, 1.807) is 6.07 Å². The van der Waals surface area contributed by atoms with Gasteiger partial charge in [0.2, 0.25) is 0 Å². The van der Waals surface area contributed by atoms with Crippen molar-refractivity contribution in [1.29, 1.82) is 0 Å². The van der Waals surface area contributed by atoms with Crippen LogP contribution in [0.1, 0.15) is 30.0 Å². The number of halogens is 1. The number of nitrogens with two attached hydrogens (primary N) is 1. The van der Waals surface area contributed by atoms with Crippen molar-refractivity contribution in [1.82, 2.24) is 0 Å². The summed E-state index contributed by atoms with van der Waals surface area (Å²) in [6, 6.07) is 5.21. The van der Waals surface area contributed by atoms with Gasteiger partial charge in [-0.25, -0.2) is 0 Å². The minimum atomic E-state index is -0.822. The number of benzene rings is 1. The summed E-state index contributed by atoms with van der Waals surface area (Å²) in [6.07, 6.45) is 0.529. The van der Waals surface area contributed by atoms with Gasteiger partial charge in [0.1, 0.15) is 0 Å². The molecular weight excluding hydrogens is 214 g/mol. The van der Waals surface area contributed by atoms with Crippen molar-refractivity contribution in [3.05, 3.63) is 34.3 Å². The quantitative estimate of drug-likeness (QED) is 0.831. The number of hydrogen-bond acceptors (Lipinski definition) is 2. The SMILES string of the molecule is Cc1cc(Cl)ccc1C(N)CCC(=O)O. The fourth-order valence-corrected chi connectivity index (χ4v) is 1.72. The molecule has 0 saturated heterocycles. The van der Waals surface area contributed by atoms with Crippen LogP contribution in [0.4, 0.5) is 0 Å². The van der Waals surface area contributed by atoms with Crippen LogP contribution >= 0.6 is 11.6 Å². The first-order valence-corrected chi connectivity index (χ1v) is 5.12. The van der Waals surface area contributed by atoms with Crippen molar-refractivity contribution in [3.63, 3.8) is 0 Å². The van der Waals surface area contributed by atoms with E-state index in [4.69, 9.17) is 22.4 Å². The summed E-state index contributed by atoms with van der Waals surface area (Å²) in [4.78, 5) is 10.4. The molecule has 1 atom stereocenters. The first-order chi connectivity index (χ1) is 7.00. The average molecular weight is 228 g/mol. The molecule has 0 aromatic heterocycles. The maximum Gasteiger partial charge on any atom is 0.303 e. The predicted octanol–water partition coefficient (Wildman–Crippen LogP) is 2.51. The molecule has 0 spiro atoms. The zero-order chi connectivity index (χ0) is 11.4. The molecule has 0 heterocycles. The van der Waals surface area contributed by atoms with Gasteiger partial charge < -0.3 is 10.8 Å². The lowest BCUT2D eigenvalue weighted by Crippen LogP contribution is -2.13. The summed E-state index contributed by atoms with van der Waals surface area (Å²) >= 11 is 5.81. The van der Waals surface area contributed by atoms with Gasteiger partial charge in [0.15, 0.2) is 0 Å². The van der Waals surface area contributed by atoms with E-state index in [-0.39, 0.29) is 12.5 Å². The van der Waals surface area contributed by atoms with Gasteiger partial charge in [-0.1, -0.05) is 17.7 Å². The smallest absolute Gasteiger partial charge is 0.303 e. The molecule has 82 valence electrons. The second-order valence-electron chi connectivity index (χ2n) is 3.54. The van der Waals surface area contributed by atoms with E-state index in [2.05, 4.69) is 0 Å². The number of aliphatic carboxylic acids is 1. The van der Waals surface area contributed by atoms with Crippen LogP contribution in [0.2, 0.25) is 5.02 Å². The van der Waals surface area contributed by atoms with Crippen LogP contribution in [-0.2, 0) is 4.79 Å². The second-order valence-corrected chi connectivity index (χ2v) is 3.98. The van der Waals surface area contributed by atoms with Crippen LogP contribution in [-0.4, -0.2) is 11.1 Å². The van der Waals surface area contributed by atoms with Gasteiger partial charge in [-0.3, -0.25) is 4.79 Å². The van der Waals surface area contributed by atoms with Gasteiger partial charge in [0.25, 0.3) is 0 Å². The van der Waals surface area contributed by atoms with Gasteiger partial charge in [-0.05, 0) is 36.6 Å². The van der Waals surface area contributed by atoms with Crippen molar-refractivity contribution in [2.24, 2.45) is 5.73 Å². The number of carboxylic acids is 1. The molecule has 0 radical (unpaired) electrons. The van der Waals surface area contributed by atoms with Gasteiger partial charge in [0.05, 0.1) is 0 Å². The Morgan fingerprint density at radius 1 is 1.60 bits per heavy atom. The molecule has 0 saturated carbocycles. The Labute approximate surface area is 93.9 Å². The maximum absolute atomic E-state index is 10.4. The van der Waals surface area contributed by atoms with Crippen LogP contribution in [0, 0.1) is 6.92 Å². The molecule has 0 bridgehead atoms. The average Bonchev–Trinajstić information content (AvgIpc) is 2.14. The fourth-order valence-electron chi connectivity index (χ4n) is 1.49. The molecule has 3 N–H and O–H groups in total. The molecule has 0 fully saturated rings. The van der Waals surface area contributed by atoms with Crippen LogP contribution in [0.5, 0.6) is 0 Å². The summed E-state index contributed by atoms with van der Waals surface area (Å²) in [6.45, 7) is 1.92. The van der Waals surface area contributed by atoms with Crippen LogP contribution in [0.25, 0.3) is 0 Å². The third-order valence-corrected chi connectivity index (χ3v) is 2.54. The second kappa shape index (κ2) is 5.14. The Hall–Kier alpha value is -1.06. The normalized spacial score (nSPS) is 12.5. The predicted molar refractivity (Wildman–Crippen MR) is 60.0 cm³/mol. The molecule has 0 amide bonds. The highest BCUT2D eigenvalue weighted by Gasteiger charge is 2.10. The lowest BCUT2D eigenvalue weighted by atomic mass is 9.98. The third-order valence-electron chi connectivity index (χ3n) is 2.30. The Balaban J connectivity index is 2.73. The number of aryl methyl sites for hydroxylation is 1. The first kappa shape index (κ1) is 12.0. The van der Waals surface area contributed by atoms with Gasteiger partial charge >= 0.3 is 5.97 Å². The summed E-state index contributed by atoms with van der Waals surface area (Å²) in [5.74, 6) is -0.822. The van der Waals surface area contributed by atoms with Crippen molar-refractivity contribution >= 4 is 17.6 Å². The molecule has 0 aliphatic heterocycles. The molecule has 0 aliphatic rings. The monoisotopic (exact) mass is 227 g/mol. The summed E-state index contributed by atoms with van der Waals surface area (Å²) in [7, 11) is 0. The largest absolute Gasteiger partial charge is 0.481 e. The summed E-state index contributed by atoms with van der Waals surface area (Å²) in [5, 5.41) is 9.21. The zero-order valence-electron chi connectivity index (χ0n) is 8.53. The van der Waals surface area contributed by atoms with E-state index in [0.29, 0.717) is 11.4 Å². The molecule has 1 aromatic carbocycles. The topological polar surface area (TPSA) is 63.3 Å². The van der Waals surface area contributed by atoms with Gasteiger partial charge in [-0.2, -0.15) is 0 Å². The number of hydrogen-bond donors (Lipinski definition) is 2. The Bertz CT molecular complexity index is 366. The van der Waals surface area contributed by atoms with Gasteiger partial charge in [0, 0.05) is 17.5 Å². The molecule has 1 aromatic rings. The lowest BCUT2D eigenvalue weighted by molar-refractivity contribution is -0.137. The van der Waals surface area contributed by atoms with E-state index in [0.717, 1.165) is 11.1 Å². The molecule has 4 heteroatoms. The highest BCUT2D eigenvalue weighted by atomic mass is 35.5. The van der Waals surface area contributed by atoms with Crippen LogP contribution < -0.4 is 5.73 Å². The van der Waals surface area contributed by atoms with E-state index in [9.17, 15) is 4.79 Å². The highest BCUT2D eigenvalue weighted by Crippen LogP contribution is 2.22. The minimum absolute atomic E-state index is 0.0865. The maximum atomic E-state index is 10.4. The van der Waals surface area contributed by atoms with E-state index >= 15 is 0 Å². The Kier molecular flexibility index (Phi) is 4.12. The van der Waals surface area contributed by atoms with Crippen molar-refractivity contribution in [2.75, 3.05) is 0 Å². The summed E-state index contributed by atoms with van der Waals surface area (Å²) in [5.41, 5.74) is 7.85. The third kappa shape index (κ3) is 3.53. The molecule has 1 rings (SSSR count). The van der Waals surface area contributed by atoms with Crippen molar-refractivity contribution < 1.29 is 9.90 Å². The standard InChI is InChI=1S/C11H14ClNO2/c1-7-6-8(12)2-3-9(7)10(13)4-5-11(14)15/h2-3,6,10H,4-5,13H2,1H3,(H,14,15). The molecular formula is C11H14ClNO2. The van der Waals surface area contributed by atoms with E-state index in [1.807, 2.05) is 19.1 Å². The Morgan fingerprint density at radius 2 is 2.27 bits per heavy atom.